The van der Waals surface area contributed by atoms with Crippen LogP contribution in [0.5, 0.6) is 0 Å². The maximum atomic E-state index is 11.9. The van der Waals surface area contributed by atoms with E-state index >= 15 is 0 Å². The Kier molecular flexibility index (Phi) is 7.64. The molecule has 0 radical (unpaired) electrons. The van der Waals surface area contributed by atoms with Gasteiger partial charge in [0.25, 0.3) is 5.91 Å². The van der Waals surface area contributed by atoms with Crippen molar-refractivity contribution in [3.05, 3.63) is 29.8 Å². The van der Waals surface area contributed by atoms with Crippen LogP contribution in [-0.2, 0) is 10.0 Å². The fourth-order valence-electron chi connectivity index (χ4n) is 1.86. The lowest BCUT2D eigenvalue weighted by Crippen LogP contribution is -2.25. The van der Waals surface area contributed by atoms with Crippen LogP contribution in [0.3, 0.4) is 0 Å². The molecule has 5 nitrogen and oxygen atoms in total. The Morgan fingerprint density at radius 3 is 2.45 bits per heavy atom. The summed E-state index contributed by atoms with van der Waals surface area (Å²) < 4.78 is 25.9. The number of carbonyl (C=O) groups is 1. The monoisotopic (exact) mass is 322 g/mol. The molecule has 0 aliphatic heterocycles. The molecule has 0 saturated carbocycles. The summed E-state index contributed by atoms with van der Waals surface area (Å²) in [5.41, 5.74) is 0.436. The molecule has 0 bridgehead atoms. The second-order valence-electron chi connectivity index (χ2n) is 4.87. The summed E-state index contributed by atoms with van der Waals surface area (Å²) in [7, 11) is -3.62. The van der Waals surface area contributed by atoms with E-state index in [1.165, 1.54) is 24.3 Å². The molecule has 22 heavy (non-hydrogen) atoms. The molecule has 1 amide bonds. The Labute approximate surface area is 132 Å². The van der Waals surface area contributed by atoms with Gasteiger partial charge in [-0.2, -0.15) is 4.72 Å². The number of hydrogen-bond donors (Lipinski definition) is 2. The number of rotatable bonds is 9. The minimum atomic E-state index is -3.62. The van der Waals surface area contributed by atoms with E-state index in [0.29, 0.717) is 12.1 Å². The van der Waals surface area contributed by atoms with Gasteiger partial charge in [-0.25, -0.2) is 8.42 Å². The molecule has 0 spiro atoms. The Morgan fingerprint density at radius 1 is 1.18 bits per heavy atom. The number of nitrogens with one attached hydrogen (secondary N) is 2. The van der Waals surface area contributed by atoms with E-state index in [2.05, 4.69) is 22.9 Å². The van der Waals surface area contributed by atoms with Crippen molar-refractivity contribution < 1.29 is 13.2 Å². The lowest BCUT2D eigenvalue weighted by molar-refractivity contribution is 0.0953. The molecule has 0 aliphatic rings. The third-order valence-electron chi connectivity index (χ3n) is 3.11. The fourth-order valence-corrected chi connectivity index (χ4v) is 2.80. The first-order valence-electron chi connectivity index (χ1n) is 7.32. The van der Waals surface area contributed by atoms with E-state index in [9.17, 15) is 13.2 Å². The van der Waals surface area contributed by atoms with Crippen molar-refractivity contribution in [1.82, 2.24) is 10.0 Å². The van der Waals surface area contributed by atoms with Crippen LogP contribution in [0.1, 0.15) is 43.0 Å². The third-order valence-corrected chi connectivity index (χ3v) is 4.52. The van der Waals surface area contributed by atoms with Gasteiger partial charge in [-0.3, -0.25) is 4.79 Å². The van der Waals surface area contributed by atoms with Crippen molar-refractivity contribution in [3.63, 3.8) is 0 Å². The van der Waals surface area contributed by atoms with Gasteiger partial charge in [0.2, 0.25) is 10.0 Å². The lowest BCUT2D eigenvalue weighted by atomic mass is 10.2. The van der Waals surface area contributed by atoms with Crippen molar-refractivity contribution in [3.8, 4) is 12.3 Å². The number of hydrogen-bond acceptors (Lipinski definition) is 3. The molecule has 0 aromatic heterocycles. The summed E-state index contributed by atoms with van der Waals surface area (Å²) >= 11 is 0. The fraction of sp³-hybridized carbons (Fsp3) is 0.438. The van der Waals surface area contributed by atoms with Crippen LogP contribution in [-0.4, -0.2) is 27.4 Å². The number of unbranched alkanes of at least 4 members (excludes halogenated alkanes) is 3. The van der Waals surface area contributed by atoms with Gasteiger partial charge in [-0.05, 0) is 30.7 Å². The van der Waals surface area contributed by atoms with E-state index in [1.807, 2.05) is 0 Å². The van der Waals surface area contributed by atoms with Gasteiger partial charge >= 0.3 is 0 Å². The highest BCUT2D eigenvalue weighted by atomic mass is 32.2. The van der Waals surface area contributed by atoms with Crippen LogP contribution < -0.4 is 10.0 Å². The number of benzene rings is 1. The Bertz CT molecular complexity index is 616. The molecule has 120 valence electrons. The number of carbonyl (C=O) groups excluding carboxylic acids is 1. The van der Waals surface area contributed by atoms with Gasteiger partial charge in [0.05, 0.1) is 11.4 Å². The second-order valence-corrected chi connectivity index (χ2v) is 6.64. The molecule has 1 rings (SSSR count). The molecule has 0 heterocycles. The average molecular weight is 322 g/mol. The molecule has 0 saturated heterocycles. The van der Waals surface area contributed by atoms with Crippen LogP contribution in [0.4, 0.5) is 0 Å². The minimum absolute atomic E-state index is 0.0671. The second kappa shape index (κ2) is 9.23. The molecule has 0 unspecified atom stereocenters. The normalized spacial score (nSPS) is 10.9. The molecular weight excluding hydrogens is 300 g/mol. The Morgan fingerprint density at radius 2 is 1.86 bits per heavy atom. The smallest absolute Gasteiger partial charge is 0.251 e. The summed E-state index contributed by atoms with van der Waals surface area (Å²) in [6.07, 6.45) is 9.37. The van der Waals surface area contributed by atoms with Crippen molar-refractivity contribution in [2.45, 2.75) is 37.5 Å². The summed E-state index contributed by atoms with van der Waals surface area (Å²) in [6, 6.07) is 5.77. The largest absolute Gasteiger partial charge is 0.352 e. The van der Waals surface area contributed by atoms with Crippen LogP contribution in [0.2, 0.25) is 0 Å². The van der Waals surface area contributed by atoms with Crippen LogP contribution in [0.25, 0.3) is 0 Å². The summed E-state index contributed by atoms with van der Waals surface area (Å²) in [6.45, 7) is 2.69. The zero-order chi connectivity index (χ0) is 16.4. The zero-order valence-electron chi connectivity index (χ0n) is 12.8. The van der Waals surface area contributed by atoms with Gasteiger partial charge in [0, 0.05) is 12.1 Å². The number of terminal acetylenes is 1. The van der Waals surface area contributed by atoms with Crippen LogP contribution in [0, 0.1) is 12.3 Å². The first-order valence-corrected chi connectivity index (χ1v) is 8.81. The first-order chi connectivity index (χ1) is 10.5. The average Bonchev–Trinajstić information content (AvgIpc) is 2.52. The van der Waals surface area contributed by atoms with E-state index in [4.69, 9.17) is 6.42 Å². The van der Waals surface area contributed by atoms with E-state index in [-0.39, 0.29) is 17.3 Å². The van der Waals surface area contributed by atoms with Crippen molar-refractivity contribution in [2.24, 2.45) is 0 Å². The molecule has 0 fully saturated rings. The van der Waals surface area contributed by atoms with Crippen molar-refractivity contribution >= 4 is 15.9 Å². The highest BCUT2D eigenvalue weighted by Gasteiger charge is 2.13. The molecule has 6 heteroatoms. The number of sulfonamides is 1. The van der Waals surface area contributed by atoms with Crippen molar-refractivity contribution in [2.75, 3.05) is 13.1 Å². The zero-order valence-corrected chi connectivity index (χ0v) is 13.6. The SMILES string of the molecule is C#CCNS(=O)(=O)c1ccc(C(=O)NCCCCCC)cc1. The summed E-state index contributed by atoms with van der Waals surface area (Å²) in [4.78, 5) is 12.0. The van der Waals surface area contributed by atoms with E-state index in [0.717, 1.165) is 25.7 Å². The van der Waals surface area contributed by atoms with Gasteiger partial charge in [-0.15, -0.1) is 6.42 Å². The molecule has 0 aliphatic carbocycles. The van der Waals surface area contributed by atoms with Gasteiger partial charge in [-0.1, -0.05) is 32.1 Å². The Balaban J connectivity index is 2.57. The Hall–Kier alpha value is -1.84. The van der Waals surface area contributed by atoms with Crippen LogP contribution >= 0.6 is 0 Å². The number of amides is 1. The highest BCUT2D eigenvalue weighted by Crippen LogP contribution is 2.10. The topological polar surface area (TPSA) is 75.3 Å². The molecule has 1 aromatic rings. The maximum absolute atomic E-state index is 11.9. The third kappa shape index (κ3) is 5.88. The first kappa shape index (κ1) is 18.2. The summed E-state index contributed by atoms with van der Waals surface area (Å²) in [5.74, 6) is 2.01. The van der Waals surface area contributed by atoms with Crippen molar-refractivity contribution in [1.29, 1.82) is 0 Å². The standard InChI is InChI=1S/C16H22N2O3S/c1-3-5-6-7-13-17-16(19)14-8-10-15(11-9-14)22(20,21)18-12-4-2/h2,8-11,18H,3,5-7,12-13H2,1H3,(H,17,19). The van der Waals surface area contributed by atoms with E-state index in [1.54, 1.807) is 0 Å². The van der Waals surface area contributed by atoms with Gasteiger partial charge < -0.3 is 5.32 Å². The molecule has 1 aromatic carbocycles. The quantitative estimate of drug-likeness (QED) is 0.539. The predicted molar refractivity (Wildman–Crippen MR) is 86.9 cm³/mol. The molecule has 0 atom stereocenters. The molecular formula is C16H22N2O3S. The predicted octanol–water partition coefficient (Wildman–Crippen LogP) is 1.91. The highest BCUT2D eigenvalue weighted by molar-refractivity contribution is 7.89. The maximum Gasteiger partial charge on any atom is 0.251 e. The van der Waals surface area contributed by atoms with Gasteiger partial charge in [0.1, 0.15) is 0 Å². The minimum Gasteiger partial charge on any atom is -0.352 e. The lowest BCUT2D eigenvalue weighted by Gasteiger charge is -2.07. The van der Waals surface area contributed by atoms with Crippen LogP contribution in [0.15, 0.2) is 29.2 Å². The summed E-state index contributed by atoms with van der Waals surface area (Å²) in [5, 5.41) is 2.82. The van der Waals surface area contributed by atoms with E-state index < -0.39 is 10.0 Å². The molecule has 2 N–H and O–H groups in total. The van der Waals surface area contributed by atoms with Gasteiger partial charge in [0.15, 0.2) is 0 Å².